The molecule has 1 heterocycles. The van der Waals surface area contributed by atoms with Crippen LogP contribution in [0.5, 0.6) is 5.75 Å². The van der Waals surface area contributed by atoms with Crippen LogP contribution >= 0.6 is 0 Å². The van der Waals surface area contributed by atoms with E-state index in [9.17, 15) is 19.5 Å². The van der Waals surface area contributed by atoms with E-state index in [0.717, 1.165) is 5.69 Å². The number of Topliss-reactive ketones (excluding diaryl/α,β-unsaturated/α-hetero) is 1. The quantitative estimate of drug-likeness (QED) is 0.291. The van der Waals surface area contributed by atoms with Gasteiger partial charge in [-0.15, -0.1) is 0 Å². The molecule has 8 heteroatoms. The van der Waals surface area contributed by atoms with Gasteiger partial charge in [-0.05, 0) is 72.6 Å². The lowest BCUT2D eigenvalue weighted by atomic mass is 9.93. The lowest BCUT2D eigenvalue weighted by Gasteiger charge is -2.26. The van der Waals surface area contributed by atoms with Crippen LogP contribution in [0.1, 0.15) is 29.7 Å². The molecule has 1 fully saturated rings. The van der Waals surface area contributed by atoms with Gasteiger partial charge in [0.15, 0.2) is 0 Å². The van der Waals surface area contributed by atoms with Crippen molar-refractivity contribution in [2.75, 3.05) is 36.3 Å². The zero-order chi connectivity index (χ0) is 26.9. The van der Waals surface area contributed by atoms with Crippen molar-refractivity contribution in [1.29, 1.82) is 0 Å². The number of methoxy groups -OCH3 is 1. The molecule has 0 spiro atoms. The first kappa shape index (κ1) is 25.5. The maximum atomic E-state index is 13.4. The van der Waals surface area contributed by atoms with E-state index in [1.165, 1.54) is 11.8 Å². The standard InChI is InChI=1S/C29H29N3O5/c1-17-16-23(37-5)14-15-24(17)27(34)25-26(19-6-10-21(11-7-19)31(3)4)32(29(36)28(25)35)22-12-8-20(9-13-22)30-18(2)33/h6-16,26,34H,1-5H3,(H,30,33)/b27-25-. The summed E-state index contributed by atoms with van der Waals surface area (Å²) in [5.74, 6) is -1.38. The minimum absolute atomic E-state index is 0.00167. The predicted molar refractivity (Wildman–Crippen MR) is 144 cm³/mol. The molecule has 3 aromatic rings. The van der Waals surface area contributed by atoms with Crippen LogP contribution in [0.25, 0.3) is 5.76 Å². The number of carbonyl (C=O) groups is 3. The number of aryl methyl sites for hydroxylation is 1. The second-order valence-corrected chi connectivity index (χ2v) is 9.06. The number of ketones is 1. The summed E-state index contributed by atoms with van der Waals surface area (Å²) in [6.45, 7) is 3.21. The van der Waals surface area contributed by atoms with E-state index < -0.39 is 17.7 Å². The van der Waals surface area contributed by atoms with E-state index >= 15 is 0 Å². The van der Waals surface area contributed by atoms with Gasteiger partial charge in [0.05, 0.1) is 18.7 Å². The SMILES string of the molecule is COc1ccc(/C(O)=C2/C(=O)C(=O)N(c3ccc(NC(C)=O)cc3)C2c2ccc(N(C)C)cc2)c(C)c1. The van der Waals surface area contributed by atoms with Gasteiger partial charge in [-0.2, -0.15) is 0 Å². The molecule has 0 aliphatic carbocycles. The van der Waals surface area contributed by atoms with Gasteiger partial charge in [0.25, 0.3) is 11.7 Å². The summed E-state index contributed by atoms with van der Waals surface area (Å²) >= 11 is 0. The molecular weight excluding hydrogens is 470 g/mol. The molecule has 1 aliphatic rings. The molecule has 1 atom stereocenters. The number of aliphatic hydroxyl groups excluding tert-OH is 1. The normalized spacial score (nSPS) is 16.6. The van der Waals surface area contributed by atoms with E-state index in [-0.39, 0.29) is 17.2 Å². The van der Waals surface area contributed by atoms with E-state index in [2.05, 4.69) is 5.32 Å². The Bertz CT molecular complexity index is 1390. The van der Waals surface area contributed by atoms with Crippen LogP contribution in [0.4, 0.5) is 17.1 Å². The third-order valence-corrected chi connectivity index (χ3v) is 6.32. The van der Waals surface area contributed by atoms with E-state index in [0.29, 0.717) is 33.8 Å². The molecule has 1 unspecified atom stereocenters. The van der Waals surface area contributed by atoms with Crippen molar-refractivity contribution in [1.82, 2.24) is 0 Å². The van der Waals surface area contributed by atoms with Crippen molar-refractivity contribution < 1.29 is 24.2 Å². The molecule has 0 bridgehead atoms. The lowest BCUT2D eigenvalue weighted by Crippen LogP contribution is -2.29. The van der Waals surface area contributed by atoms with Gasteiger partial charge < -0.3 is 20.1 Å². The fourth-order valence-electron chi connectivity index (χ4n) is 4.45. The Kier molecular flexibility index (Phi) is 7.02. The summed E-state index contributed by atoms with van der Waals surface area (Å²) in [7, 11) is 5.39. The van der Waals surface area contributed by atoms with Crippen molar-refractivity contribution in [3.8, 4) is 5.75 Å². The van der Waals surface area contributed by atoms with Crippen LogP contribution in [0.3, 0.4) is 0 Å². The highest BCUT2D eigenvalue weighted by Gasteiger charge is 2.47. The Morgan fingerprint density at radius 3 is 2.19 bits per heavy atom. The number of carbonyl (C=O) groups excluding carboxylic acids is 3. The van der Waals surface area contributed by atoms with Gasteiger partial charge in [0.1, 0.15) is 11.5 Å². The zero-order valence-electron chi connectivity index (χ0n) is 21.4. The van der Waals surface area contributed by atoms with Gasteiger partial charge >= 0.3 is 0 Å². The van der Waals surface area contributed by atoms with Crippen LogP contribution in [0.2, 0.25) is 0 Å². The summed E-state index contributed by atoms with van der Waals surface area (Å²) in [5.41, 5.74) is 3.78. The lowest BCUT2D eigenvalue weighted by molar-refractivity contribution is -0.132. The molecule has 1 aliphatic heterocycles. The van der Waals surface area contributed by atoms with E-state index in [1.54, 1.807) is 56.5 Å². The molecular formula is C29H29N3O5. The molecule has 8 nitrogen and oxygen atoms in total. The topological polar surface area (TPSA) is 99.2 Å². The number of rotatable bonds is 6. The smallest absolute Gasteiger partial charge is 0.300 e. The Hall–Kier alpha value is -4.59. The Balaban J connectivity index is 1.89. The molecule has 0 saturated carbocycles. The van der Waals surface area contributed by atoms with E-state index in [1.807, 2.05) is 43.3 Å². The minimum Gasteiger partial charge on any atom is -0.507 e. The van der Waals surface area contributed by atoms with Gasteiger partial charge in [0, 0.05) is 43.6 Å². The van der Waals surface area contributed by atoms with Crippen molar-refractivity contribution in [2.24, 2.45) is 0 Å². The highest BCUT2D eigenvalue weighted by molar-refractivity contribution is 6.51. The number of nitrogens with zero attached hydrogens (tertiary/aromatic N) is 2. The average Bonchev–Trinajstić information content (AvgIpc) is 3.14. The number of ether oxygens (including phenoxy) is 1. The molecule has 0 aromatic heterocycles. The third kappa shape index (κ3) is 4.91. The molecule has 37 heavy (non-hydrogen) atoms. The van der Waals surface area contributed by atoms with Gasteiger partial charge in [-0.25, -0.2) is 0 Å². The highest BCUT2D eigenvalue weighted by Crippen LogP contribution is 2.43. The Morgan fingerprint density at radius 2 is 1.65 bits per heavy atom. The zero-order valence-corrected chi connectivity index (χ0v) is 21.4. The molecule has 190 valence electrons. The van der Waals surface area contributed by atoms with E-state index in [4.69, 9.17) is 4.74 Å². The largest absolute Gasteiger partial charge is 0.507 e. The summed E-state index contributed by atoms with van der Waals surface area (Å²) in [6, 6.07) is 18.4. The number of hydrogen-bond acceptors (Lipinski definition) is 6. The third-order valence-electron chi connectivity index (χ3n) is 6.32. The van der Waals surface area contributed by atoms with Crippen molar-refractivity contribution in [3.63, 3.8) is 0 Å². The second-order valence-electron chi connectivity index (χ2n) is 9.06. The van der Waals surface area contributed by atoms with Crippen molar-refractivity contribution >= 4 is 40.4 Å². The Labute approximate surface area is 215 Å². The summed E-state index contributed by atoms with van der Waals surface area (Å²) < 4.78 is 5.27. The average molecular weight is 500 g/mol. The maximum Gasteiger partial charge on any atom is 0.300 e. The van der Waals surface area contributed by atoms with Crippen molar-refractivity contribution in [3.05, 3.63) is 89.0 Å². The minimum atomic E-state index is -0.857. The maximum absolute atomic E-state index is 13.4. The molecule has 1 saturated heterocycles. The molecule has 0 radical (unpaired) electrons. The second kappa shape index (κ2) is 10.2. The van der Waals surface area contributed by atoms with Gasteiger partial charge in [-0.3, -0.25) is 19.3 Å². The summed E-state index contributed by atoms with van der Waals surface area (Å²) in [4.78, 5) is 41.5. The van der Waals surface area contributed by atoms with Crippen LogP contribution < -0.4 is 19.9 Å². The first-order valence-electron chi connectivity index (χ1n) is 11.7. The van der Waals surface area contributed by atoms with Gasteiger partial charge in [0.2, 0.25) is 5.91 Å². The number of hydrogen-bond donors (Lipinski definition) is 2. The van der Waals surface area contributed by atoms with Crippen LogP contribution in [0, 0.1) is 6.92 Å². The van der Waals surface area contributed by atoms with Gasteiger partial charge in [-0.1, -0.05) is 12.1 Å². The fraction of sp³-hybridized carbons (Fsp3) is 0.207. The summed E-state index contributed by atoms with van der Waals surface area (Å²) in [5, 5.41) is 14.1. The first-order valence-corrected chi connectivity index (χ1v) is 11.7. The first-order chi connectivity index (χ1) is 17.6. The number of benzene rings is 3. The molecule has 2 amide bonds. The monoisotopic (exact) mass is 499 g/mol. The van der Waals surface area contributed by atoms with Crippen molar-refractivity contribution in [2.45, 2.75) is 19.9 Å². The number of nitrogens with one attached hydrogen (secondary N) is 1. The number of anilines is 3. The number of aliphatic hydroxyl groups is 1. The molecule has 3 aromatic carbocycles. The molecule has 4 rings (SSSR count). The van der Waals surface area contributed by atoms with Crippen LogP contribution in [-0.2, 0) is 14.4 Å². The summed E-state index contributed by atoms with van der Waals surface area (Å²) in [6.07, 6.45) is 0. The molecule has 2 N–H and O–H groups in total. The predicted octanol–water partition coefficient (Wildman–Crippen LogP) is 4.65. The van der Waals surface area contributed by atoms with Crippen LogP contribution in [-0.4, -0.2) is 43.9 Å². The fourth-order valence-corrected chi connectivity index (χ4v) is 4.45. The number of amides is 2. The van der Waals surface area contributed by atoms with Crippen LogP contribution in [0.15, 0.2) is 72.3 Å². The Morgan fingerprint density at radius 1 is 1.00 bits per heavy atom. The highest BCUT2D eigenvalue weighted by atomic mass is 16.5.